The van der Waals surface area contributed by atoms with Crippen LogP contribution in [-0.2, 0) is 0 Å². The average Bonchev–Trinajstić information content (AvgIpc) is 2.88. The molecule has 1 fully saturated rings. The SMILES string of the molecule is CN1CCN(c2ccc(NC(=S)n3[nH]c(=O)cc3N)cc2)CC1. The third-order valence-corrected chi connectivity index (χ3v) is 4.23. The summed E-state index contributed by atoms with van der Waals surface area (Å²) in [7, 11) is 2.14. The van der Waals surface area contributed by atoms with E-state index in [1.807, 2.05) is 12.1 Å². The van der Waals surface area contributed by atoms with Crippen LogP contribution in [0.1, 0.15) is 0 Å². The zero-order valence-electron chi connectivity index (χ0n) is 13.0. The van der Waals surface area contributed by atoms with Crippen LogP contribution >= 0.6 is 12.2 Å². The first-order valence-corrected chi connectivity index (χ1v) is 7.86. The van der Waals surface area contributed by atoms with Gasteiger partial charge in [-0.3, -0.25) is 9.89 Å². The number of aromatic amines is 1. The van der Waals surface area contributed by atoms with Gasteiger partial charge in [0.05, 0.1) is 0 Å². The molecule has 1 aromatic heterocycles. The van der Waals surface area contributed by atoms with Gasteiger partial charge >= 0.3 is 0 Å². The molecule has 0 aliphatic carbocycles. The second kappa shape index (κ2) is 6.43. The van der Waals surface area contributed by atoms with Crippen molar-refractivity contribution in [2.45, 2.75) is 0 Å². The van der Waals surface area contributed by atoms with Crippen molar-refractivity contribution in [2.24, 2.45) is 0 Å². The molecule has 1 aromatic carbocycles. The lowest BCUT2D eigenvalue weighted by molar-refractivity contribution is 0.313. The Morgan fingerprint density at radius 2 is 1.87 bits per heavy atom. The molecule has 1 aliphatic heterocycles. The Morgan fingerprint density at radius 3 is 2.43 bits per heavy atom. The number of nitrogens with zero attached hydrogens (tertiary/aromatic N) is 3. The Labute approximate surface area is 139 Å². The molecule has 122 valence electrons. The average molecular weight is 332 g/mol. The van der Waals surface area contributed by atoms with Crippen LogP contribution in [0.4, 0.5) is 17.2 Å². The lowest BCUT2D eigenvalue weighted by Crippen LogP contribution is -2.44. The fourth-order valence-corrected chi connectivity index (χ4v) is 2.84. The van der Waals surface area contributed by atoms with Gasteiger partial charge in [-0.05, 0) is 43.5 Å². The lowest BCUT2D eigenvalue weighted by atomic mass is 10.2. The number of nitrogens with two attached hydrogens (primary N) is 1. The molecule has 0 atom stereocenters. The van der Waals surface area contributed by atoms with Gasteiger partial charge in [-0.1, -0.05) is 0 Å². The molecule has 0 saturated carbocycles. The molecule has 2 aromatic rings. The molecule has 0 amide bonds. The molecule has 0 unspecified atom stereocenters. The zero-order valence-corrected chi connectivity index (χ0v) is 13.8. The van der Waals surface area contributed by atoms with Crippen molar-refractivity contribution >= 4 is 34.5 Å². The molecule has 7 nitrogen and oxygen atoms in total. The quantitative estimate of drug-likeness (QED) is 0.704. The van der Waals surface area contributed by atoms with E-state index in [0.29, 0.717) is 5.11 Å². The Hall–Kier alpha value is -2.32. The molecule has 0 spiro atoms. The van der Waals surface area contributed by atoms with Gasteiger partial charge in [0.15, 0.2) is 5.11 Å². The van der Waals surface area contributed by atoms with Gasteiger partial charge in [-0.15, -0.1) is 0 Å². The number of anilines is 3. The van der Waals surface area contributed by atoms with Crippen LogP contribution in [0.25, 0.3) is 0 Å². The molecule has 1 aliphatic rings. The van der Waals surface area contributed by atoms with Crippen molar-refractivity contribution in [3.8, 4) is 0 Å². The largest absolute Gasteiger partial charge is 0.383 e. The van der Waals surface area contributed by atoms with Gasteiger partial charge in [0.2, 0.25) is 0 Å². The van der Waals surface area contributed by atoms with Crippen molar-refractivity contribution in [3.63, 3.8) is 0 Å². The molecular formula is C15H20N6OS. The number of H-pyrrole nitrogens is 1. The maximum absolute atomic E-state index is 11.3. The van der Waals surface area contributed by atoms with Crippen molar-refractivity contribution in [1.82, 2.24) is 14.7 Å². The van der Waals surface area contributed by atoms with E-state index in [0.717, 1.165) is 31.9 Å². The minimum atomic E-state index is -0.280. The monoisotopic (exact) mass is 332 g/mol. The number of aromatic nitrogens is 2. The summed E-state index contributed by atoms with van der Waals surface area (Å²) in [5.41, 5.74) is 7.49. The number of nitrogen functional groups attached to an aromatic ring is 1. The lowest BCUT2D eigenvalue weighted by Gasteiger charge is -2.34. The van der Waals surface area contributed by atoms with Gasteiger partial charge in [-0.25, -0.2) is 4.68 Å². The number of piperazine rings is 1. The highest BCUT2D eigenvalue weighted by atomic mass is 32.1. The Kier molecular flexibility index (Phi) is 4.35. The highest BCUT2D eigenvalue weighted by Gasteiger charge is 2.14. The first-order valence-electron chi connectivity index (χ1n) is 7.45. The predicted octanol–water partition coefficient (Wildman–Crippen LogP) is 0.755. The molecule has 0 bridgehead atoms. The van der Waals surface area contributed by atoms with Gasteiger partial charge in [0.25, 0.3) is 5.56 Å². The number of benzene rings is 1. The van der Waals surface area contributed by atoms with Crippen LogP contribution in [0.5, 0.6) is 0 Å². The van der Waals surface area contributed by atoms with Crippen LogP contribution in [-0.4, -0.2) is 53.0 Å². The van der Waals surface area contributed by atoms with E-state index in [-0.39, 0.29) is 11.4 Å². The molecule has 0 radical (unpaired) electrons. The van der Waals surface area contributed by atoms with Crippen molar-refractivity contribution in [3.05, 3.63) is 40.7 Å². The van der Waals surface area contributed by atoms with E-state index in [2.05, 4.69) is 39.4 Å². The Bertz CT molecular complexity index is 742. The molecule has 8 heteroatoms. The standard InChI is InChI=1S/C15H20N6OS/c1-19-6-8-20(9-7-19)12-4-2-11(3-5-12)17-15(23)21-13(16)10-14(22)18-21/h2-5,10H,6-9,16H2,1H3,(H,17,23)(H,18,22). The van der Waals surface area contributed by atoms with Crippen molar-refractivity contribution in [1.29, 1.82) is 0 Å². The predicted molar refractivity (Wildman–Crippen MR) is 97.2 cm³/mol. The highest BCUT2D eigenvalue weighted by Crippen LogP contribution is 2.19. The third-order valence-electron chi connectivity index (χ3n) is 3.95. The van der Waals surface area contributed by atoms with E-state index in [1.54, 1.807) is 0 Å². The maximum atomic E-state index is 11.3. The fraction of sp³-hybridized carbons (Fsp3) is 0.333. The summed E-state index contributed by atoms with van der Waals surface area (Å²) < 4.78 is 1.35. The smallest absolute Gasteiger partial charge is 0.266 e. The summed E-state index contributed by atoms with van der Waals surface area (Å²) in [5.74, 6) is 0.279. The third kappa shape index (κ3) is 3.54. The van der Waals surface area contributed by atoms with Gasteiger partial charge in [0, 0.05) is 43.6 Å². The number of thiocarbonyl (C=S) groups is 1. The molecule has 2 heterocycles. The minimum absolute atomic E-state index is 0.279. The number of rotatable bonds is 2. The molecule has 3 rings (SSSR count). The van der Waals surface area contributed by atoms with Gasteiger partial charge in [-0.2, -0.15) is 0 Å². The van der Waals surface area contributed by atoms with Crippen LogP contribution < -0.4 is 21.5 Å². The van der Waals surface area contributed by atoms with E-state index in [4.69, 9.17) is 18.0 Å². The van der Waals surface area contributed by atoms with E-state index >= 15 is 0 Å². The summed E-state index contributed by atoms with van der Waals surface area (Å²) in [4.78, 5) is 15.9. The molecular weight excluding hydrogens is 312 g/mol. The van der Waals surface area contributed by atoms with E-state index < -0.39 is 0 Å². The second-order valence-corrected chi connectivity index (χ2v) is 6.03. The summed E-state index contributed by atoms with van der Waals surface area (Å²) in [6, 6.07) is 9.37. The fourth-order valence-electron chi connectivity index (χ4n) is 2.57. The Balaban J connectivity index is 1.67. The molecule has 23 heavy (non-hydrogen) atoms. The number of hydrogen-bond acceptors (Lipinski definition) is 5. The van der Waals surface area contributed by atoms with Crippen molar-refractivity contribution < 1.29 is 0 Å². The normalized spacial score (nSPS) is 15.6. The summed E-state index contributed by atoms with van der Waals surface area (Å²) >= 11 is 5.26. The highest BCUT2D eigenvalue weighted by molar-refractivity contribution is 7.80. The number of likely N-dealkylation sites (N-methyl/N-ethyl adjacent to an activating group) is 1. The zero-order chi connectivity index (χ0) is 16.4. The van der Waals surface area contributed by atoms with Crippen LogP contribution in [0, 0.1) is 0 Å². The van der Waals surface area contributed by atoms with Gasteiger partial charge < -0.3 is 20.9 Å². The Morgan fingerprint density at radius 1 is 1.22 bits per heavy atom. The minimum Gasteiger partial charge on any atom is -0.383 e. The number of hydrogen-bond donors (Lipinski definition) is 3. The number of nitrogens with one attached hydrogen (secondary N) is 2. The first-order chi connectivity index (χ1) is 11.0. The van der Waals surface area contributed by atoms with E-state index in [9.17, 15) is 4.79 Å². The van der Waals surface area contributed by atoms with Crippen molar-refractivity contribution in [2.75, 3.05) is 49.2 Å². The maximum Gasteiger partial charge on any atom is 0.266 e. The molecule has 4 N–H and O–H groups in total. The summed E-state index contributed by atoms with van der Waals surface area (Å²) in [6.07, 6.45) is 0. The first kappa shape index (κ1) is 15.6. The van der Waals surface area contributed by atoms with Crippen LogP contribution in [0.2, 0.25) is 0 Å². The topological polar surface area (TPSA) is 82.3 Å². The van der Waals surface area contributed by atoms with E-state index in [1.165, 1.54) is 16.4 Å². The summed E-state index contributed by atoms with van der Waals surface area (Å²) in [5, 5.41) is 5.95. The van der Waals surface area contributed by atoms with Gasteiger partial charge in [0.1, 0.15) is 5.82 Å². The summed E-state index contributed by atoms with van der Waals surface area (Å²) in [6.45, 7) is 4.21. The molecule has 1 saturated heterocycles. The van der Waals surface area contributed by atoms with Crippen LogP contribution in [0.15, 0.2) is 35.1 Å². The second-order valence-electron chi connectivity index (χ2n) is 5.65. The van der Waals surface area contributed by atoms with Crippen LogP contribution in [0.3, 0.4) is 0 Å².